The van der Waals surface area contributed by atoms with Gasteiger partial charge in [0.25, 0.3) is 11.5 Å². The second-order valence-corrected chi connectivity index (χ2v) is 7.74. The van der Waals surface area contributed by atoms with E-state index in [4.69, 9.17) is 15.2 Å². The Kier molecular flexibility index (Phi) is 7.42. The van der Waals surface area contributed by atoms with Crippen molar-refractivity contribution in [1.82, 2.24) is 9.55 Å². The average molecular weight is 526 g/mol. The van der Waals surface area contributed by atoms with Crippen LogP contribution in [-0.2, 0) is 11.4 Å². The Labute approximate surface area is 195 Å². The van der Waals surface area contributed by atoms with Gasteiger partial charge >= 0.3 is 0 Å². The summed E-state index contributed by atoms with van der Waals surface area (Å²) in [4.78, 5) is 28.5. The van der Waals surface area contributed by atoms with Gasteiger partial charge in [0.05, 0.1) is 0 Å². The number of benzene rings is 2. The fourth-order valence-corrected chi connectivity index (χ4v) is 3.42. The number of aromatic nitrogens is 2. The molecule has 1 unspecified atom stereocenters. The van der Waals surface area contributed by atoms with E-state index in [-0.39, 0.29) is 35.0 Å². The molecule has 0 spiro atoms. The lowest BCUT2D eigenvalue weighted by Gasteiger charge is -2.18. The monoisotopic (exact) mass is 525 g/mol. The Balaban J connectivity index is 1.94. The summed E-state index contributed by atoms with van der Waals surface area (Å²) in [6, 6.07) is 6.86. The number of nitrogens with two attached hydrogens (primary N) is 1. The molecule has 2 N–H and O–H groups in total. The number of para-hydroxylation sites is 1. The first kappa shape index (κ1) is 24.3. The summed E-state index contributed by atoms with van der Waals surface area (Å²) >= 11 is 3.07. The first-order valence-corrected chi connectivity index (χ1v) is 10.5. The molecule has 2 aromatic carbocycles. The van der Waals surface area contributed by atoms with Crippen molar-refractivity contribution in [2.75, 3.05) is 0 Å². The fraction of sp³-hybridized carbons (Fsp3) is 0.227. The van der Waals surface area contributed by atoms with E-state index in [0.29, 0.717) is 5.56 Å². The molecule has 0 bridgehead atoms. The van der Waals surface area contributed by atoms with Crippen LogP contribution in [0.3, 0.4) is 0 Å². The molecular weight excluding hydrogens is 507 g/mol. The summed E-state index contributed by atoms with van der Waals surface area (Å²) in [6.07, 6.45) is -0.708. The normalized spacial score (nSPS) is 11.8. The molecule has 7 nitrogen and oxygen atoms in total. The van der Waals surface area contributed by atoms with E-state index in [1.165, 1.54) is 25.1 Å². The second kappa shape index (κ2) is 10.1. The maximum Gasteiger partial charge on any atom is 0.276 e. The summed E-state index contributed by atoms with van der Waals surface area (Å²) in [7, 11) is 0. The van der Waals surface area contributed by atoms with Crippen LogP contribution in [0.5, 0.6) is 11.6 Å². The third-order valence-electron chi connectivity index (χ3n) is 4.68. The third kappa shape index (κ3) is 5.19. The van der Waals surface area contributed by atoms with Crippen LogP contribution >= 0.6 is 15.9 Å². The van der Waals surface area contributed by atoms with E-state index in [9.17, 15) is 22.8 Å². The van der Waals surface area contributed by atoms with E-state index in [0.717, 1.165) is 22.8 Å². The first-order chi connectivity index (χ1) is 15.6. The van der Waals surface area contributed by atoms with Crippen LogP contribution in [0.2, 0.25) is 0 Å². The van der Waals surface area contributed by atoms with E-state index in [2.05, 4.69) is 20.9 Å². The predicted molar refractivity (Wildman–Crippen MR) is 117 cm³/mol. The number of primary amides is 1. The summed E-state index contributed by atoms with van der Waals surface area (Å²) in [6.45, 7) is 2.85. The number of amides is 1. The molecule has 33 heavy (non-hydrogen) atoms. The standard InChI is InChI=1S/C22H19BrF3N3O4/c1-3-16(20(27)30)33-17-9-13(24)8-7-12(17)10-32-21-18(23)22(31)29(11(2)28-21)19-14(25)5-4-6-15(19)26/h4-9,16H,3,10H2,1-2H3,(H2,27,30). The minimum absolute atomic E-state index is 0.0300. The van der Waals surface area contributed by atoms with Crippen LogP contribution in [0.1, 0.15) is 24.7 Å². The number of ether oxygens (including phenoxy) is 2. The topological polar surface area (TPSA) is 96.4 Å². The van der Waals surface area contributed by atoms with Gasteiger partial charge in [0.1, 0.15) is 45.8 Å². The Morgan fingerprint density at radius 2 is 1.88 bits per heavy atom. The summed E-state index contributed by atoms with van der Waals surface area (Å²) in [5.41, 5.74) is 4.28. The van der Waals surface area contributed by atoms with Crippen molar-refractivity contribution in [3.05, 3.63) is 80.1 Å². The molecule has 0 aliphatic carbocycles. The molecule has 1 amide bonds. The number of nitrogens with zero attached hydrogens (tertiary/aromatic N) is 2. The minimum atomic E-state index is -0.975. The molecule has 3 aromatic rings. The van der Waals surface area contributed by atoms with Gasteiger partial charge in [-0.2, -0.15) is 4.98 Å². The number of carbonyl (C=O) groups is 1. The van der Waals surface area contributed by atoms with Crippen molar-refractivity contribution in [1.29, 1.82) is 0 Å². The number of halogens is 4. The molecule has 1 atom stereocenters. The highest BCUT2D eigenvalue weighted by Gasteiger charge is 2.21. The van der Waals surface area contributed by atoms with Gasteiger partial charge < -0.3 is 15.2 Å². The average Bonchev–Trinajstić information content (AvgIpc) is 2.76. The summed E-state index contributed by atoms with van der Waals surface area (Å²) in [5.74, 6) is -3.32. The lowest BCUT2D eigenvalue weighted by atomic mass is 10.2. The molecule has 0 saturated heterocycles. The Morgan fingerprint density at radius 1 is 1.21 bits per heavy atom. The highest BCUT2D eigenvalue weighted by Crippen LogP contribution is 2.27. The molecule has 0 saturated carbocycles. The minimum Gasteiger partial charge on any atom is -0.480 e. The van der Waals surface area contributed by atoms with Gasteiger partial charge in [-0.05, 0) is 53.5 Å². The van der Waals surface area contributed by atoms with E-state index >= 15 is 0 Å². The molecular formula is C22H19BrF3N3O4. The van der Waals surface area contributed by atoms with Crippen molar-refractivity contribution in [3.8, 4) is 17.3 Å². The number of hydrogen-bond acceptors (Lipinski definition) is 5. The van der Waals surface area contributed by atoms with Crippen LogP contribution in [0.25, 0.3) is 5.69 Å². The fourth-order valence-electron chi connectivity index (χ4n) is 3.04. The zero-order valence-electron chi connectivity index (χ0n) is 17.6. The summed E-state index contributed by atoms with van der Waals surface area (Å²) < 4.78 is 53.9. The van der Waals surface area contributed by atoms with Crippen LogP contribution in [0, 0.1) is 24.4 Å². The van der Waals surface area contributed by atoms with Gasteiger partial charge in [-0.15, -0.1) is 0 Å². The number of hydrogen-bond donors (Lipinski definition) is 1. The third-order valence-corrected chi connectivity index (χ3v) is 5.36. The van der Waals surface area contributed by atoms with E-state index in [1.807, 2.05) is 0 Å². The van der Waals surface area contributed by atoms with Crippen molar-refractivity contribution in [2.45, 2.75) is 33.0 Å². The smallest absolute Gasteiger partial charge is 0.276 e. The molecule has 1 aromatic heterocycles. The quantitative estimate of drug-likeness (QED) is 0.480. The van der Waals surface area contributed by atoms with E-state index in [1.54, 1.807) is 6.92 Å². The van der Waals surface area contributed by atoms with Crippen LogP contribution in [-0.4, -0.2) is 21.6 Å². The molecule has 11 heteroatoms. The van der Waals surface area contributed by atoms with Crippen LogP contribution in [0.4, 0.5) is 13.2 Å². The van der Waals surface area contributed by atoms with Crippen molar-refractivity contribution in [3.63, 3.8) is 0 Å². The number of carbonyl (C=O) groups excluding carboxylic acids is 1. The predicted octanol–water partition coefficient (Wildman–Crippen LogP) is 3.94. The van der Waals surface area contributed by atoms with Crippen molar-refractivity contribution in [2.24, 2.45) is 5.73 Å². The van der Waals surface area contributed by atoms with E-state index < -0.39 is 40.7 Å². The van der Waals surface area contributed by atoms with Gasteiger partial charge in [0, 0.05) is 11.6 Å². The molecule has 0 fully saturated rings. The Hall–Kier alpha value is -3.34. The molecule has 3 rings (SSSR count). The highest BCUT2D eigenvalue weighted by atomic mass is 79.9. The van der Waals surface area contributed by atoms with Crippen molar-refractivity contribution >= 4 is 21.8 Å². The van der Waals surface area contributed by atoms with Gasteiger partial charge in [-0.1, -0.05) is 13.0 Å². The van der Waals surface area contributed by atoms with Gasteiger partial charge in [0.2, 0.25) is 5.88 Å². The molecule has 0 aliphatic heterocycles. The number of aryl methyl sites for hydroxylation is 1. The first-order valence-electron chi connectivity index (χ1n) is 9.74. The molecule has 0 radical (unpaired) electrons. The molecule has 174 valence electrons. The van der Waals surface area contributed by atoms with Gasteiger partial charge in [-0.25, -0.2) is 13.2 Å². The lowest BCUT2D eigenvalue weighted by molar-refractivity contribution is -0.124. The van der Waals surface area contributed by atoms with Gasteiger partial charge in [0.15, 0.2) is 6.10 Å². The maximum absolute atomic E-state index is 14.2. The molecule has 1 heterocycles. The zero-order chi connectivity index (χ0) is 24.3. The lowest BCUT2D eigenvalue weighted by Crippen LogP contribution is -2.33. The highest BCUT2D eigenvalue weighted by molar-refractivity contribution is 9.10. The summed E-state index contributed by atoms with van der Waals surface area (Å²) in [5, 5.41) is 0. The Morgan fingerprint density at radius 3 is 2.48 bits per heavy atom. The Bertz CT molecular complexity index is 1250. The van der Waals surface area contributed by atoms with Gasteiger partial charge in [-0.3, -0.25) is 14.2 Å². The largest absolute Gasteiger partial charge is 0.480 e. The second-order valence-electron chi connectivity index (χ2n) is 6.95. The van der Waals surface area contributed by atoms with Crippen molar-refractivity contribution < 1.29 is 27.4 Å². The van der Waals surface area contributed by atoms with Crippen LogP contribution in [0.15, 0.2) is 45.7 Å². The SMILES string of the molecule is CCC(Oc1cc(F)ccc1COc1nc(C)n(-c2c(F)cccc2F)c(=O)c1Br)C(N)=O. The maximum atomic E-state index is 14.2. The molecule has 0 aliphatic rings. The zero-order valence-corrected chi connectivity index (χ0v) is 19.2. The van der Waals surface area contributed by atoms with Crippen LogP contribution < -0.4 is 20.8 Å². The number of rotatable bonds is 8.